The van der Waals surface area contributed by atoms with E-state index in [-0.39, 0.29) is 27.9 Å². The van der Waals surface area contributed by atoms with Crippen molar-refractivity contribution in [3.63, 3.8) is 0 Å². The van der Waals surface area contributed by atoms with E-state index in [1.165, 1.54) is 14.2 Å². The topological polar surface area (TPSA) is 52.6 Å². The molecule has 1 fully saturated rings. The molecule has 5 heteroatoms. The molecular formula is C18H18O4S. The molecule has 0 radical (unpaired) electrons. The van der Waals surface area contributed by atoms with Crippen molar-refractivity contribution in [1.29, 1.82) is 0 Å². The van der Waals surface area contributed by atoms with E-state index in [9.17, 15) is 9.59 Å². The fourth-order valence-electron chi connectivity index (χ4n) is 3.25. The second-order valence-electron chi connectivity index (χ2n) is 5.47. The van der Waals surface area contributed by atoms with Gasteiger partial charge in [-0.05, 0) is 5.57 Å². The van der Waals surface area contributed by atoms with Crippen LogP contribution in [-0.4, -0.2) is 36.7 Å². The minimum absolute atomic E-state index is 0.0180. The molecule has 4 atom stereocenters. The number of ether oxygens (including phenoxy) is 2. The van der Waals surface area contributed by atoms with Crippen LogP contribution in [0.2, 0.25) is 0 Å². The smallest absolute Gasteiger partial charge is 0.345 e. The molecule has 0 saturated carbocycles. The van der Waals surface area contributed by atoms with Gasteiger partial charge in [-0.3, -0.25) is 0 Å². The van der Waals surface area contributed by atoms with Crippen LogP contribution in [0.5, 0.6) is 0 Å². The van der Waals surface area contributed by atoms with Gasteiger partial charge in [-0.15, -0.1) is 11.8 Å². The van der Waals surface area contributed by atoms with Crippen molar-refractivity contribution in [2.45, 2.75) is 10.5 Å². The Labute approximate surface area is 139 Å². The van der Waals surface area contributed by atoms with Gasteiger partial charge in [0.1, 0.15) is 5.57 Å². The van der Waals surface area contributed by atoms with Crippen molar-refractivity contribution >= 4 is 23.7 Å². The maximum atomic E-state index is 12.3. The zero-order valence-electron chi connectivity index (χ0n) is 13.0. The number of thioether (sulfide) groups is 1. The van der Waals surface area contributed by atoms with E-state index >= 15 is 0 Å². The Balaban J connectivity index is 2.18. The first-order valence-corrected chi connectivity index (χ1v) is 8.37. The van der Waals surface area contributed by atoms with Gasteiger partial charge in [-0.1, -0.05) is 48.6 Å². The highest BCUT2D eigenvalue weighted by atomic mass is 32.2. The summed E-state index contributed by atoms with van der Waals surface area (Å²) in [6, 6.07) is 0. The van der Waals surface area contributed by atoms with E-state index in [2.05, 4.69) is 12.2 Å². The average Bonchev–Trinajstić information content (AvgIpc) is 2.60. The lowest BCUT2D eigenvalue weighted by Gasteiger charge is -2.41. The van der Waals surface area contributed by atoms with Gasteiger partial charge < -0.3 is 9.47 Å². The third-order valence-corrected chi connectivity index (χ3v) is 5.80. The Kier molecular flexibility index (Phi) is 4.57. The second kappa shape index (κ2) is 6.62. The van der Waals surface area contributed by atoms with Gasteiger partial charge in [-0.25, -0.2) is 9.59 Å². The Bertz CT molecular complexity index is 615. The molecule has 0 aromatic rings. The molecule has 2 aliphatic carbocycles. The minimum atomic E-state index is -0.637. The van der Waals surface area contributed by atoms with Gasteiger partial charge in [0, 0.05) is 22.3 Å². The molecule has 1 saturated heterocycles. The van der Waals surface area contributed by atoms with Crippen LogP contribution in [0.4, 0.5) is 0 Å². The largest absolute Gasteiger partial charge is 0.465 e. The van der Waals surface area contributed by atoms with Crippen molar-refractivity contribution in [2.75, 3.05) is 14.2 Å². The fourth-order valence-corrected chi connectivity index (χ4v) is 4.79. The first-order chi connectivity index (χ1) is 11.2. The quantitative estimate of drug-likeness (QED) is 0.337. The molecule has 1 aliphatic heterocycles. The Morgan fingerprint density at radius 3 is 1.70 bits per heavy atom. The van der Waals surface area contributed by atoms with Crippen LogP contribution >= 0.6 is 11.8 Å². The maximum absolute atomic E-state index is 12.3. The number of fused-ring (bicyclic) bond motifs is 2. The summed E-state index contributed by atoms with van der Waals surface area (Å²) in [4.78, 5) is 24.6. The van der Waals surface area contributed by atoms with Crippen molar-refractivity contribution in [2.24, 2.45) is 11.8 Å². The number of carbonyl (C=O) groups excluding carboxylic acids is 2. The van der Waals surface area contributed by atoms with E-state index in [0.29, 0.717) is 0 Å². The molecule has 0 aromatic heterocycles. The summed E-state index contributed by atoms with van der Waals surface area (Å²) in [7, 11) is 2.57. The number of carbonyl (C=O) groups is 2. The van der Waals surface area contributed by atoms with Gasteiger partial charge in [0.05, 0.1) is 14.2 Å². The van der Waals surface area contributed by atoms with Crippen LogP contribution in [0.3, 0.4) is 0 Å². The number of rotatable bonds is 2. The Morgan fingerprint density at radius 2 is 1.26 bits per heavy atom. The van der Waals surface area contributed by atoms with E-state index in [1.54, 1.807) is 0 Å². The maximum Gasteiger partial charge on any atom is 0.345 e. The predicted molar refractivity (Wildman–Crippen MR) is 89.8 cm³/mol. The molecule has 3 aliphatic rings. The summed E-state index contributed by atoms with van der Waals surface area (Å²) in [6.07, 6.45) is 16.2. The van der Waals surface area contributed by atoms with Crippen molar-refractivity contribution in [1.82, 2.24) is 0 Å². The lowest BCUT2D eigenvalue weighted by Crippen LogP contribution is -2.38. The zero-order valence-corrected chi connectivity index (χ0v) is 13.8. The lowest BCUT2D eigenvalue weighted by atomic mass is 9.77. The SMILES string of the molecule is COC(=O)C(C(=O)OC)=C1C2C=CC=CC2SC2C=CC=CC12. The molecule has 120 valence electrons. The van der Waals surface area contributed by atoms with Gasteiger partial charge in [0.2, 0.25) is 0 Å². The highest BCUT2D eigenvalue weighted by Gasteiger charge is 2.43. The second-order valence-corrected chi connectivity index (χ2v) is 6.83. The predicted octanol–water partition coefficient (Wildman–Crippen LogP) is 2.60. The number of esters is 2. The molecular weight excluding hydrogens is 312 g/mol. The number of methoxy groups -OCH3 is 2. The molecule has 0 N–H and O–H groups in total. The van der Waals surface area contributed by atoms with Crippen molar-refractivity contribution in [3.8, 4) is 0 Å². The zero-order chi connectivity index (χ0) is 16.4. The van der Waals surface area contributed by atoms with E-state index in [0.717, 1.165) is 5.57 Å². The van der Waals surface area contributed by atoms with Crippen molar-refractivity contribution < 1.29 is 19.1 Å². The summed E-state index contributed by atoms with van der Waals surface area (Å²) in [5.41, 5.74) is 0.818. The number of hydrogen-bond acceptors (Lipinski definition) is 5. The molecule has 0 bridgehead atoms. The standard InChI is InChI=1S/C18H18O4S/c1-21-17(19)16(18(20)22-2)15-11-7-3-5-9-13(11)23-14-10-6-4-8-12(14)15/h3-14H,1-2H3. The number of allylic oxidation sites excluding steroid dienone is 7. The molecule has 23 heavy (non-hydrogen) atoms. The van der Waals surface area contributed by atoms with E-state index in [4.69, 9.17) is 9.47 Å². The number of hydrogen-bond donors (Lipinski definition) is 0. The van der Waals surface area contributed by atoms with Crippen LogP contribution in [0.25, 0.3) is 0 Å². The van der Waals surface area contributed by atoms with Crippen LogP contribution in [-0.2, 0) is 19.1 Å². The highest BCUT2D eigenvalue weighted by molar-refractivity contribution is 8.00. The Morgan fingerprint density at radius 1 is 0.826 bits per heavy atom. The molecule has 1 heterocycles. The first-order valence-electron chi connectivity index (χ1n) is 7.43. The van der Waals surface area contributed by atoms with Gasteiger partial charge in [0.15, 0.2) is 0 Å². The van der Waals surface area contributed by atoms with E-state index in [1.807, 2.05) is 48.2 Å². The van der Waals surface area contributed by atoms with Gasteiger partial charge in [-0.2, -0.15) is 0 Å². The van der Waals surface area contributed by atoms with Crippen molar-refractivity contribution in [3.05, 3.63) is 59.8 Å². The lowest BCUT2D eigenvalue weighted by molar-refractivity contribution is -0.144. The van der Waals surface area contributed by atoms with Crippen LogP contribution in [0.1, 0.15) is 0 Å². The summed E-state index contributed by atoms with van der Waals surface area (Å²) < 4.78 is 9.72. The molecule has 3 rings (SSSR count). The highest BCUT2D eigenvalue weighted by Crippen LogP contribution is 2.49. The van der Waals surface area contributed by atoms with Gasteiger partial charge in [0.25, 0.3) is 0 Å². The molecule has 0 amide bonds. The monoisotopic (exact) mass is 330 g/mol. The third-order valence-electron chi connectivity index (χ3n) is 4.27. The van der Waals surface area contributed by atoms with Crippen LogP contribution in [0.15, 0.2) is 59.8 Å². The molecule has 0 aromatic carbocycles. The molecule has 4 nitrogen and oxygen atoms in total. The molecule has 4 unspecified atom stereocenters. The van der Waals surface area contributed by atoms with E-state index < -0.39 is 11.9 Å². The summed E-state index contributed by atoms with van der Waals surface area (Å²) in [5, 5.41) is 0.383. The van der Waals surface area contributed by atoms with Crippen LogP contribution in [0, 0.1) is 11.8 Å². The average molecular weight is 330 g/mol. The van der Waals surface area contributed by atoms with Gasteiger partial charge >= 0.3 is 11.9 Å². The normalized spacial score (nSPS) is 30.4. The Hall–Kier alpha value is -2.01. The van der Waals surface area contributed by atoms with Crippen LogP contribution < -0.4 is 0 Å². The fraction of sp³-hybridized carbons (Fsp3) is 0.333. The molecule has 0 spiro atoms. The summed E-state index contributed by atoms with van der Waals surface area (Å²) >= 11 is 1.84. The minimum Gasteiger partial charge on any atom is -0.465 e. The third kappa shape index (κ3) is 2.81. The first kappa shape index (κ1) is 15.9. The summed E-state index contributed by atoms with van der Waals surface area (Å²) in [5.74, 6) is -1.31. The summed E-state index contributed by atoms with van der Waals surface area (Å²) in [6.45, 7) is 0.